The average molecular weight is 363 g/mol. The molecule has 0 amide bonds. The van der Waals surface area contributed by atoms with Crippen molar-refractivity contribution >= 4 is 0 Å². The lowest BCUT2D eigenvalue weighted by molar-refractivity contribution is 0.378. The molecule has 26 heavy (non-hydrogen) atoms. The molecule has 0 rings (SSSR count). The number of hydrogen-bond donors (Lipinski definition) is 0. The van der Waals surface area contributed by atoms with Crippen LogP contribution in [0.2, 0.25) is 0 Å². The van der Waals surface area contributed by atoms with Crippen molar-refractivity contribution < 1.29 is 0 Å². The van der Waals surface area contributed by atoms with Crippen LogP contribution < -0.4 is 0 Å². The van der Waals surface area contributed by atoms with Gasteiger partial charge in [0.1, 0.15) is 0 Å². The van der Waals surface area contributed by atoms with Crippen molar-refractivity contribution in [1.29, 1.82) is 0 Å². The van der Waals surface area contributed by atoms with Crippen LogP contribution in [0.4, 0.5) is 0 Å². The fourth-order valence-corrected chi connectivity index (χ4v) is 2.15. The highest BCUT2D eigenvalue weighted by molar-refractivity contribution is 5.40. The maximum atomic E-state index is 4.16. The summed E-state index contributed by atoms with van der Waals surface area (Å²) in [7, 11) is 0. The lowest BCUT2D eigenvalue weighted by atomic mass is 9.86. The minimum Gasteiger partial charge on any atom is -0.0958 e. The van der Waals surface area contributed by atoms with Crippen LogP contribution in [-0.2, 0) is 0 Å². The molecule has 0 spiro atoms. The third-order valence-electron chi connectivity index (χ3n) is 3.93. The van der Waals surface area contributed by atoms with Gasteiger partial charge >= 0.3 is 0 Å². The monoisotopic (exact) mass is 362 g/mol. The lowest BCUT2D eigenvalue weighted by Gasteiger charge is -2.19. The number of allylic oxidation sites excluding steroid dienone is 7. The minimum absolute atomic E-state index is 0.375. The van der Waals surface area contributed by atoms with Gasteiger partial charge in [-0.1, -0.05) is 98.1 Å². The van der Waals surface area contributed by atoms with Crippen molar-refractivity contribution in [3.8, 4) is 0 Å². The van der Waals surface area contributed by atoms with E-state index in [4.69, 9.17) is 0 Å². The Morgan fingerprint density at radius 1 is 0.846 bits per heavy atom. The summed E-state index contributed by atoms with van der Waals surface area (Å²) in [5.41, 5.74) is 7.14. The van der Waals surface area contributed by atoms with Crippen molar-refractivity contribution in [3.63, 3.8) is 0 Å². The molecule has 0 saturated heterocycles. The zero-order valence-electron chi connectivity index (χ0n) is 20.4. The number of hydrogen-bond acceptors (Lipinski definition) is 0. The standard InChI is InChI=1S/C20H34.C4H10.C2H6/c1-10-18(17(6)13-15(2)3)14-19(16(4)5)11-12-20(7,8)9;1-3-4-2;1-2/h13-14H,4,10-12H2,1-3,5-9H3;3-4H2,1-2H3;1-2H3/b18-17+,19-14+;;. The molecule has 0 aromatic carbocycles. The summed E-state index contributed by atoms with van der Waals surface area (Å²) >= 11 is 0. The fourth-order valence-electron chi connectivity index (χ4n) is 2.15. The van der Waals surface area contributed by atoms with E-state index in [-0.39, 0.29) is 0 Å². The summed E-state index contributed by atoms with van der Waals surface area (Å²) < 4.78 is 0. The molecule has 0 nitrogen and oxygen atoms in total. The molecular weight excluding hydrogens is 312 g/mol. The Bertz CT molecular complexity index is 441. The molecular formula is C26H50. The number of unbranched alkanes of at least 4 members (excludes halogenated alkanes) is 1. The first-order chi connectivity index (χ1) is 12.0. The Kier molecular flexibility index (Phi) is 19.9. The van der Waals surface area contributed by atoms with Crippen LogP contribution in [0.3, 0.4) is 0 Å². The highest BCUT2D eigenvalue weighted by Crippen LogP contribution is 2.27. The SMILES string of the molecule is C=C(C)/C(=C/C(CC)=C(\C)C=C(C)C)CCC(C)(C)C.CC.CCCC. The van der Waals surface area contributed by atoms with Gasteiger partial charge in [0.25, 0.3) is 0 Å². The fraction of sp³-hybridized carbons (Fsp3) is 0.692. The van der Waals surface area contributed by atoms with E-state index < -0.39 is 0 Å². The molecule has 0 heteroatoms. The normalized spacial score (nSPS) is 12.1. The summed E-state index contributed by atoms with van der Waals surface area (Å²) in [6.07, 6.45) is 10.7. The number of rotatable bonds is 7. The van der Waals surface area contributed by atoms with Crippen molar-refractivity contribution in [1.82, 2.24) is 0 Å². The average Bonchev–Trinajstić information content (AvgIpc) is 2.55. The first kappa shape index (κ1) is 29.7. The van der Waals surface area contributed by atoms with Gasteiger partial charge in [0.2, 0.25) is 0 Å². The van der Waals surface area contributed by atoms with Gasteiger partial charge in [-0.25, -0.2) is 0 Å². The molecule has 154 valence electrons. The topological polar surface area (TPSA) is 0 Å². The van der Waals surface area contributed by atoms with E-state index in [9.17, 15) is 0 Å². The van der Waals surface area contributed by atoms with Gasteiger partial charge in [-0.05, 0) is 69.1 Å². The molecule has 0 aromatic heterocycles. The van der Waals surface area contributed by atoms with E-state index in [1.165, 1.54) is 47.1 Å². The van der Waals surface area contributed by atoms with Gasteiger partial charge < -0.3 is 0 Å². The van der Waals surface area contributed by atoms with Crippen LogP contribution in [0.25, 0.3) is 0 Å². The van der Waals surface area contributed by atoms with Gasteiger partial charge in [-0.3, -0.25) is 0 Å². The third kappa shape index (κ3) is 19.3. The molecule has 0 atom stereocenters. The Morgan fingerprint density at radius 2 is 1.31 bits per heavy atom. The molecule has 0 radical (unpaired) electrons. The molecule has 0 saturated carbocycles. The van der Waals surface area contributed by atoms with E-state index in [1.807, 2.05) is 13.8 Å². The van der Waals surface area contributed by atoms with Gasteiger partial charge in [-0.15, -0.1) is 0 Å². The van der Waals surface area contributed by atoms with E-state index in [0.717, 1.165) is 12.8 Å². The van der Waals surface area contributed by atoms with E-state index in [1.54, 1.807) is 0 Å². The molecule has 0 aliphatic rings. The van der Waals surface area contributed by atoms with Gasteiger partial charge in [0.15, 0.2) is 0 Å². The van der Waals surface area contributed by atoms with Gasteiger partial charge in [0, 0.05) is 0 Å². The zero-order chi connectivity index (χ0) is 21.3. The molecule has 0 fully saturated rings. The van der Waals surface area contributed by atoms with Crippen LogP contribution in [-0.4, -0.2) is 0 Å². The van der Waals surface area contributed by atoms with Crippen molar-refractivity contribution in [2.24, 2.45) is 5.41 Å². The zero-order valence-corrected chi connectivity index (χ0v) is 20.4. The minimum atomic E-state index is 0.375. The van der Waals surface area contributed by atoms with Crippen molar-refractivity contribution in [2.75, 3.05) is 0 Å². The molecule has 0 bridgehead atoms. The van der Waals surface area contributed by atoms with E-state index in [2.05, 4.69) is 88.0 Å². The second-order valence-electron chi connectivity index (χ2n) is 8.29. The highest BCUT2D eigenvalue weighted by Gasteiger charge is 2.12. The molecule has 0 aliphatic heterocycles. The van der Waals surface area contributed by atoms with Gasteiger partial charge in [-0.2, -0.15) is 0 Å². The molecule has 0 aromatic rings. The van der Waals surface area contributed by atoms with Crippen LogP contribution in [0.15, 0.2) is 46.6 Å². The summed E-state index contributed by atoms with van der Waals surface area (Å²) in [5, 5.41) is 0. The van der Waals surface area contributed by atoms with Gasteiger partial charge in [0.05, 0.1) is 0 Å². The third-order valence-corrected chi connectivity index (χ3v) is 3.93. The maximum absolute atomic E-state index is 4.16. The van der Waals surface area contributed by atoms with E-state index >= 15 is 0 Å². The van der Waals surface area contributed by atoms with Crippen LogP contribution in [0.5, 0.6) is 0 Å². The Labute approximate surface area is 167 Å². The molecule has 0 aliphatic carbocycles. The lowest BCUT2D eigenvalue weighted by Crippen LogP contribution is -2.05. The van der Waals surface area contributed by atoms with Crippen LogP contribution in [0, 0.1) is 5.41 Å². The van der Waals surface area contributed by atoms with Crippen molar-refractivity contribution in [3.05, 3.63) is 46.6 Å². The van der Waals surface area contributed by atoms with E-state index in [0.29, 0.717) is 5.41 Å². The quantitative estimate of drug-likeness (QED) is 0.395. The first-order valence-corrected chi connectivity index (χ1v) is 10.7. The summed E-state index contributed by atoms with van der Waals surface area (Å²) in [6, 6.07) is 0. The maximum Gasteiger partial charge on any atom is -0.0271 e. The Balaban J connectivity index is -0.000000769. The molecule has 0 heterocycles. The second-order valence-corrected chi connectivity index (χ2v) is 8.29. The van der Waals surface area contributed by atoms with Crippen molar-refractivity contribution in [2.45, 2.75) is 115 Å². The predicted molar refractivity (Wildman–Crippen MR) is 126 cm³/mol. The van der Waals surface area contributed by atoms with Crippen LogP contribution >= 0.6 is 0 Å². The first-order valence-electron chi connectivity index (χ1n) is 10.7. The molecule has 0 N–H and O–H groups in total. The summed E-state index contributed by atoms with van der Waals surface area (Å²) in [5.74, 6) is 0. The summed E-state index contributed by atoms with van der Waals surface area (Å²) in [6.45, 7) is 30.3. The Morgan fingerprint density at radius 3 is 1.58 bits per heavy atom. The largest absolute Gasteiger partial charge is 0.0958 e. The second kappa shape index (κ2) is 17.4. The van der Waals surface area contributed by atoms with Crippen LogP contribution in [0.1, 0.15) is 115 Å². The summed E-state index contributed by atoms with van der Waals surface area (Å²) in [4.78, 5) is 0. The Hall–Kier alpha value is -1.04. The predicted octanol–water partition coefficient (Wildman–Crippen LogP) is 9.84. The molecule has 0 unspecified atom stereocenters. The highest BCUT2D eigenvalue weighted by atomic mass is 14.2. The smallest absolute Gasteiger partial charge is 0.0271 e.